The first kappa shape index (κ1) is 13.3. The van der Waals surface area contributed by atoms with Crippen LogP contribution in [0, 0.1) is 5.92 Å². The molecule has 0 radical (unpaired) electrons. The number of halogens is 3. The molecule has 0 saturated carbocycles. The second-order valence-corrected chi connectivity index (χ2v) is 4.00. The van der Waals surface area contributed by atoms with Crippen LogP contribution < -0.4 is 0 Å². The van der Waals surface area contributed by atoms with Crippen LogP contribution in [-0.4, -0.2) is 19.9 Å². The van der Waals surface area contributed by atoms with Gasteiger partial charge in [0.25, 0.3) is 0 Å². The number of methoxy groups -OCH3 is 1. The minimum Gasteiger partial charge on any atom is -0.385 e. The monoisotopic (exact) mass is 234 g/mol. The maximum atomic E-state index is 12.3. The van der Waals surface area contributed by atoms with Crippen molar-refractivity contribution in [2.75, 3.05) is 13.7 Å². The van der Waals surface area contributed by atoms with Gasteiger partial charge in [-0.2, -0.15) is 13.2 Å². The maximum absolute atomic E-state index is 12.3. The van der Waals surface area contributed by atoms with Crippen LogP contribution in [0.25, 0.3) is 0 Å². The fourth-order valence-corrected chi connectivity index (χ4v) is 1.74. The van der Waals surface area contributed by atoms with E-state index in [-0.39, 0.29) is 5.92 Å². The van der Waals surface area contributed by atoms with E-state index < -0.39 is 11.7 Å². The molecule has 92 valence electrons. The smallest absolute Gasteiger partial charge is 0.385 e. The summed E-state index contributed by atoms with van der Waals surface area (Å²) >= 11 is 0. The van der Waals surface area contributed by atoms with Crippen molar-refractivity contribution in [1.82, 2.24) is 0 Å². The Morgan fingerprint density at radius 2 is 2.12 bits per heavy atom. The zero-order valence-corrected chi connectivity index (χ0v) is 9.39. The molecule has 1 aliphatic rings. The zero-order chi connectivity index (χ0) is 12.0. The van der Waals surface area contributed by atoms with Crippen LogP contribution in [0.1, 0.15) is 25.7 Å². The molecule has 0 aromatic heterocycles. The van der Waals surface area contributed by atoms with Crippen molar-refractivity contribution in [3.8, 4) is 0 Å². The van der Waals surface area contributed by atoms with Crippen molar-refractivity contribution in [1.29, 1.82) is 0 Å². The predicted molar refractivity (Wildman–Crippen MR) is 57.1 cm³/mol. The second-order valence-electron chi connectivity index (χ2n) is 4.00. The summed E-state index contributed by atoms with van der Waals surface area (Å²) in [7, 11) is 1.65. The molecule has 0 bridgehead atoms. The molecule has 0 aliphatic heterocycles. The van der Waals surface area contributed by atoms with E-state index >= 15 is 0 Å². The lowest BCUT2D eigenvalue weighted by Gasteiger charge is -2.17. The Balaban J connectivity index is 2.27. The van der Waals surface area contributed by atoms with Crippen molar-refractivity contribution in [3.05, 3.63) is 23.8 Å². The Morgan fingerprint density at radius 3 is 2.62 bits per heavy atom. The first-order valence-corrected chi connectivity index (χ1v) is 5.48. The summed E-state index contributed by atoms with van der Waals surface area (Å²) in [4.78, 5) is 0. The minimum absolute atomic E-state index is 0.253. The molecule has 1 unspecified atom stereocenters. The molecule has 1 atom stereocenters. The van der Waals surface area contributed by atoms with Gasteiger partial charge in [0.15, 0.2) is 0 Å². The molecule has 0 amide bonds. The number of hydrogen-bond acceptors (Lipinski definition) is 1. The highest BCUT2D eigenvalue weighted by Gasteiger charge is 2.32. The van der Waals surface area contributed by atoms with E-state index in [1.807, 2.05) is 0 Å². The third-order valence-corrected chi connectivity index (χ3v) is 2.69. The number of unbranched alkanes of at least 4 members (excludes halogenated alkanes) is 1. The maximum Gasteiger partial charge on any atom is 0.416 e. The number of ether oxygens (including phenoxy) is 1. The molecule has 0 saturated heterocycles. The van der Waals surface area contributed by atoms with Gasteiger partial charge in [-0.05, 0) is 25.2 Å². The molecule has 0 spiro atoms. The van der Waals surface area contributed by atoms with E-state index in [1.54, 1.807) is 13.2 Å². The van der Waals surface area contributed by atoms with Crippen LogP contribution in [0.2, 0.25) is 0 Å². The summed E-state index contributed by atoms with van der Waals surface area (Å²) in [6, 6.07) is 0. The highest BCUT2D eigenvalue weighted by Crippen LogP contribution is 2.31. The molecular weight excluding hydrogens is 217 g/mol. The van der Waals surface area contributed by atoms with E-state index in [0.29, 0.717) is 6.42 Å². The molecular formula is C12H17F3O. The molecule has 4 heteroatoms. The van der Waals surface area contributed by atoms with Crippen LogP contribution in [0.3, 0.4) is 0 Å². The van der Waals surface area contributed by atoms with Gasteiger partial charge in [-0.1, -0.05) is 24.6 Å². The summed E-state index contributed by atoms with van der Waals surface area (Å²) in [5.41, 5.74) is -0.513. The first-order valence-electron chi connectivity index (χ1n) is 5.48. The van der Waals surface area contributed by atoms with E-state index in [2.05, 4.69) is 0 Å². The van der Waals surface area contributed by atoms with Crippen molar-refractivity contribution < 1.29 is 17.9 Å². The Bertz CT molecular complexity index is 266. The number of allylic oxidation sites excluding steroid dienone is 4. The van der Waals surface area contributed by atoms with Gasteiger partial charge < -0.3 is 4.74 Å². The van der Waals surface area contributed by atoms with Crippen molar-refractivity contribution in [2.24, 2.45) is 5.92 Å². The van der Waals surface area contributed by atoms with E-state index in [9.17, 15) is 13.2 Å². The molecule has 16 heavy (non-hydrogen) atoms. The molecule has 0 heterocycles. The van der Waals surface area contributed by atoms with Crippen LogP contribution in [-0.2, 0) is 4.74 Å². The Hall–Kier alpha value is -0.770. The van der Waals surface area contributed by atoms with Gasteiger partial charge in [-0.3, -0.25) is 0 Å². The van der Waals surface area contributed by atoms with Gasteiger partial charge in [0.2, 0.25) is 0 Å². The summed E-state index contributed by atoms with van der Waals surface area (Å²) in [5, 5.41) is 0. The van der Waals surface area contributed by atoms with Crippen LogP contribution in [0.15, 0.2) is 23.8 Å². The average Bonchev–Trinajstić information content (AvgIpc) is 2.24. The minimum atomic E-state index is -4.20. The molecule has 1 aliphatic carbocycles. The molecule has 0 aromatic rings. The average molecular weight is 234 g/mol. The predicted octanol–water partition coefficient (Wildman–Crippen LogP) is 3.87. The zero-order valence-electron chi connectivity index (χ0n) is 9.39. The van der Waals surface area contributed by atoms with Crippen molar-refractivity contribution in [2.45, 2.75) is 31.9 Å². The van der Waals surface area contributed by atoms with E-state index in [4.69, 9.17) is 4.74 Å². The summed E-state index contributed by atoms with van der Waals surface area (Å²) in [6.45, 7) is 0.722. The van der Waals surface area contributed by atoms with Crippen LogP contribution in [0.5, 0.6) is 0 Å². The highest BCUT2D eigenvalue weighted by molar-refractivity contribution is 5.27. The summed E-state index contributed by atoms with van der Waals surface area (Å²) in [5.74, 6) is 0.253. The fourth-order valence-electron chi connectivity index (χ4n) is 1.74. The van der Waals surface area contributed by atoms with Gasteiger partial charge >= 0.3 is 6.18 Å². The third kappa shape index (κ3) is 4.39. The highest BCUT2D eigenvalue weighted by atomic mass is 19.4. The van der Waals surface area contributed by atoms with Gasteiger partial charge in [0, 0.05) is 13.7 Å². The van der Waals surface area contributed by atoms with Crippen molar-refractivity contribution in [3.63, 3.8) is 0 Å². The van der Waals surface area contributed by atoms with Crippen LogP contribution in [0.4, 0.5) is 13.2 Å². The summed E-state index contributed by atoms with van der Waals surface area (Å²) < 4.78 is 41.8. The van der Waals surface area contributed by atoms with E-state index in [0.717, 1.165) is 25.9 Å². The largest absolute Gasteiger partial charge is 0.416 e. The lowest BCUT2D eigenvalue weighted by molar-refractivity contribution is -0.0887. The molecule has 0 fully saturated rings. The van der Waals surface area contributed by atoms with Gasteiger partial charge in [0.1, 0.15) is 0 Å². The fraction of sp³-hybridized carbons (Fsp3) is 0.667. The quantitative estimate of drug-likeness (QED) is 0.656. The Morgan fingerprint density at radius 1 is 1.38 bits per heavy atom. The molecule has 1 rings (SSSR count). The molecule has 0 N–H and O–H groups in total. The Kier molecular flexibility index (Phi) is 5.06. The van der Waals surface area contributed by atoms with Gasteiger partial charge in [-0.25, -0.2) is 0 Å². The number of rotatable bonds is 5. The van der Waals surface area contributed by atoms with Crippen LogP contribution >= 0.6 is 0 Å². The third-order valence-electron chi connectivity index (χ3n) is 2.69. The second kappa shape index (κ2) is 6.09. The summed E-state index contributed by atoms with van der Waals surface area (Å²) in [6.07, 6.45) is 3.37. The lowest BCUT2D eigenvalue weighted by Crippen LogP contribution is -2.13. The lowest BCUT2D eigenvalue weighted by atomic mass is 9.92. The first-order chi connectivity index (χ1) is 7.54. The van der Waals surface area contributed by atoms with Gasteiger partial charge in [-0.15, -0.1) is 0 Å². The SMILES string of the molecule is COCCCCC1C=CC(C(F)(F)F)=CC1. The Labute approximate surface area is 94.0 Å². The van der Waals surface area contributed by atoms with Gasteiger partial charge in [0.05, 0.1) is 5.57 Å². The topological polar surface area (TPSA) is 9.23 Å². The number of hydrogen-bond donors (Lipinski definition) is 0. The molecule has 0 aromatic carbocycles. The normalized spacial score (nSPS) is 21.0. The molecule has 1 nitrogen and oxygen atoms in total. The van der Waals surface area contributed by atoms with E-state index in [1.165, 1.54) is 12.2 Å². The number of alkyl halides is 3. The standard InChI is InChI=1S/C12H17F3O/c1-16-9-3-2-4-10-5-7-11(8-6-10)12(13,14)15/h5,7-8,10H,2-4,6,9H2,1H3. The van der Waals surface area contributed by atoms with Crippen molar-refractivity contribution >= 4 is 0 Å².